The minimum atomic E-state index is -1.08. The third kappa shape index (κ3) is 13.3. The van der Waals surface area contributed by atoms with Crippen LogP contribution in [0, 0.1) is 0 Å². The maximum atomic E-state index is 13.2. The Balaban J connectivity index is 0.750. The van der Waals surface area contributed by atoms with E-state index in [1.807, 2.05) is 0 Å². The van der Waals surface area contributed by atoms with Crippen LogP contribution in [-0.2, 0) is 47.5 Å². The van der Waals surface area contributed by atoms with Gasteiger partial charge in [-0.3, -0.25) is 48.7 Å². The number of nitrogens with one attached hydrogen (secondary N) is 2. The standard InChI is InChI=1S/C41H52N4O14/c46-34(42-32-10-6-9-31-36(32)41(52)45(40(31)51)33-12-13-35(47)43-37(33)48)11-2-1-5-15-53-17-19-55-21-23-57-25-27-59-28-26-58-24-22-56-20-18-54-16-14-44-38(49)29-7-3-4-8-30(29)39(44)50/h3-4,6-10,33H,1-2,5,11-28H2,(H,42,46)(H,43,47,48). The minimum Gasteiger partial charge on any atom is -0.379 e. The maximum absolute atomic E-state index is 13.2. The number of hydrogen-bond acceptors (Lipinski definition) is 14. The number of rotatable bonds is 29. The summed E-state index contributed by atoms with van der Waals surface area (Å²) in [6, 6.07) is 10.3. The van der Waals surface area contributed by atoms with Gasteiger partial charge in [-0.1, -0.05) is 24.6 Å². The van der Waals surface area contributed by atoms with Crippen LogP contribution in [0.5, 0.6) is 0 Å². The van der Waals surface area contributed by atoms with E-state index in [4.69, 9.17) is 33.2 Å². The van der Waals surface area contributed by atoms with Crippen molar-refractivity contribution in [2.24, 2.45) is 0 Å². The molecule has 0 aromatic heterocycles. The van der Waals surface area contributed by atoms with Crippen molar-refractivity contribution in [2.75, 3.05) is 104 Å². The average molecular weight is 825 g/mol. The number of amides is 7. The van der Waals surface area contributed by atoms with E-state index in [1.54, 1.807) is 36.4 Å². The van der Waals surface area contributed by atoms with Gasteiger partial charge >= 0.3 is 0 Å². The van der Waals surface area contributed by atoms with Gasteiger partial charge in [-0.05, 0) is 43.5 Å². The largest absolute Gasteiger partial charge is 0.379 e. The van der Waals surface area contributed by atoms with Gasteiger partial charge in [0.25, 0.3) is 23.6 Å². The molecule has 2 aromatic rings. The van der Waals surface area contributed by atoms with E-state index in [2.05, 4.69) is 10.6 Å². The molecule has 3 aliphatic heterocycles. The molecule has 59 heavy (non-hydrogen) atoms. The van der Waals surface area contributed by atoms with E-state index >= 15 is 0 Å². The molecule has 1 saturated heterocycles. The first-order valence-corrected chi connectivity index (χ1v) is 19.9. The van der Waals surface area contributed by atoms with E-state index in [9.17, 15) is 33.6 Å². The van der Waals surface area contributed by atoms with Crippen molar-refractivity contribution < 1.29 is 66.7 Å². The lowest BCUT2D eigenvalue weighted by Crippen LogP contribution is -2.54. The number of ether oxygens (including phenoxy) is 7. The third-order valence-corrected chi connectivity index (χ3v) is 9.50. The molecule has 18 nitrogen and oxygen atoms in total. The van der Waals surface area contributed by atoms with Gasteiger partial charge in [-0.15, -0.1) is 0 Å². The van der Waals surface area contributed by atoms with Crippen LogP contribution in [-0.4, -0.2) is 156 Å². The normalized spacial score (nSPS) is 16.2. The number of hydrogen-bond donors (Lipinski definition) is 2. The van der Waals surface area contributed by atoms with Crippen LogP contribution in [0.1, 0.15) is 80.0 Å². The summed E-state index contributed by atoms with van der Waals surface area (Å²) < 4.78 is 38.5. The predicted molar refractivity (Wildman–Crippen MR) is 208 cm³/mol. The topological polar surface area (TPSA) is 215 Å². The Hall–Kier alpha value is -4.95. The number of carbonyl (C=O) groups excluding carboxylic acids is 7. The SMILES string of the molecule is O=C1CCC(N2C(=O)c3cccc(NC(=O)CCCCCOCCOCCOCCOCCOCCOCCOCCN4C(=O)c5ccccc5C4=O)c3C2=O)C(=O)N1. The lowest BCUT2D eigenvalue weighted by molar-refractivity contribution is -0.136. The fourth-order valence-corrected chi connectivity index (χ4v) is 6.52. The summed E-state index contributed by atoms with van der Waals surface area (Å²) in [6.45, 7) is 5.94. The van der Waals surface area contributed by atoms with E-state index in [0.717, 1.165) is 17.7 Å². The highest BCUT2D eigenvalue weighted by Crippen LogP contribution is 2.32. The van der Waals surface area contributed by atoms with Gasteiger partial charge in [0.05, 0.1) is 120 Å². The molecule has 0 aliphatic carbocycles. The van der Waals surface area contributed by atoms with E-state index in [1.165, 1.54) is 11.0 Å². The van der Waals surface area contributed by atoms with Gasteiger partial charge in [0.15, 0.2) is 0 Å². The van der Waals surface area contributed by atoms with E-state index in [0.29, 0.717) is 103 Å². The molecule has 1 atom stereocenters. The smallest absolute Gasteiger partial charge is 0.264 e. The molecule has 1 fully saturated rings. The minimum absolute atomic E-state index is 0.0233. The highest BCUT2D eigenvalue weighted by molar-refractivity contribution is 6.26. The van der Waals surface area contributed by atoms with Crippen LogP contribution in [0.25, 0.3) is 0 Å². The molecule has 0 radical (unpaired) electrons. The highest BCUT2D eigenvalue weighted by atomic mass is 16.6. The molecule has 320 valence electrons. The Morgan fingerprint density at radius 2 is 1.08 bits per heavy atom. The first-order valence-electron chi connectivity index (χ1n) is 19.9. The number of fused-ring (bicyclic) bond motifs is 2. The van der Waals surface area contributed by atoms with Crippen molar-refractivity contribution in [1.29, 1.82) is 0 Å². The van der Waals surface area contributed by atoms with Crippen molar-refractivity contribution in [3.8, 4) is 0 Å². The van der Waals surface area contributed by atoms with Crippen LogP contribution in [0.3, 0.4) is 0 Å². The summed E-state index contributed by atoms with van der Waals surface area (Å²) in [6.07, 6.45) is 2.40. The van der Waals surface area contributed by atoms with Crippen molar-refractivity contribution in [3.05, 3.63) is 64.7 Å². The zero-order valence-electron chi connectivity index (χ0n) is 33.1. The first-order chi connectivity index (χ1) is 28.8. The van der Waals surface area contributed by atoms with Crippen molar-refractivity contribution >= 4 is 47.0 Å². The second-order valence-electron chi connectivity index (χ2n) is 13.6. The number of benzene rings is 2. The Morgan fingerprint density at radius 3 is 1.63 bits per heavy atom. The number of nitrogens with zero attached hydrogens (tertiary/aromatic N) is 2. The summed E-state index contributed by atoms with van der Waals surface area (Å²) >= 11 is 0. The zero-order valence-corrected chi connectivity index (χ0v) is 33.1. The van der Waals surface area contributed by atoms with Gasteiger partial charge in [0, 0.05) is 19.4 Å². The summed E-state index contributed by atoms with van der Waals surface area (Å²) in [5, 5.41) is 4.90. The number of anilines is 1. The van der Waals surface area contributed by atoms with Crippen molar-refractivity contribution in [1.82, 2.24) is 15.1 Å². The molecular weight excluding hydrogens is 772 g/mol. The molecule has 5 rings (SSSR count). The van der Waals surface area contributed by atoms with Gasteiger partial charge < -0.3 is 38.5 Å². The Kier molecular flexibility index (Phi) is 18.5. The maximum Gasteiger partial charge on any atom is 0.264 e. The molecule has 2 N–H and O–H groups in total. The molecule has 0 saturated carbocycles. The van der Waals surface area contributed by atoms with E-state index < -0.39 is 29.7 Å². The molecule has 0 bridgehead atoms. The molecular formula is C41H52N4O14. The summed E-state index contributed by atoms with van der Waals surface area (Å²) in [7, 11) is 0. The molecule has 2 aromatic carbocycles. The van der Waals surface area contributed by atoms with Crippen LogP contribution in [0.2, 0.25) is 0 Å². The van der Waals surface area contributed by atoms with Gasteiger partial charge in [0.2, 0.25) is 17.7 Å². The molecule has 0 spiro atoms. The molecule has 3 aliphatic rings. The first kappa shape index (κ1) is 45.1. The van der Waals surface area contributed by atoms with Gasteiger partial charge in [-0.25, -0.2) is 0 Å². The molecule has 18 heteroatoms. The Morgan fingerprint density at radius 1 is 0.576 bits per heavy atom. The fraction of sp³-hybridized carbons (Fsp3) is 0.537. The fourth-order valence-electron chi connectivity index (χ4n) is 6.52. The van der Waals surface area contributed by atoms with Gasteiger partial charge in [0.1, 0.15) is 6.04 Å². The van der Waals surface area contributed by atoms with Crippen LogP contribution < -0.4 is 10.6 Å². The number of unbranched alkanes of at least 4 members (excludes halogenated alkanes) is 2. The highest BCUT2D eigenvalue weighted by Gasteiger charge is 2.45. The van der Waals surface area contributed by atoms with E-state index in [-0.39, 0.29) is 66.9 Å². The predicted octanol–water partition coefficient (Wildman–Crippen LogP) is 2.00. The Labute approximate surface area is 342 Å². The zero-order chi connectivity index (χ0) is 41.8. The number of piperidine rings is 1. The average Bonchev–Trinajstić information content (AvgIpc) is 3.63. The molecule has 3 heterocycles. The third-order valence-electron chi connectivity index (χ3n) is 9.50. The summed E-state index contributed by atoms with van der Waals surface area (Å²) in [5.41, 5.74) is 1.22. The van der Waals surface area contributed by atoms with Crippen LogP contribution in [0.4, 0.5) is 5.69 Å². The lowest BCUT2D eigenvalue weighted by atomic mass is 10.0. The second kappa shape index (κ2) is 24.2. The van der Waals surface area contributed by atoms with Crippen molar-refractivity contribution in [2.45, 2.75) is 44.6 Å². The van der Waals surface area contributed by atoms with Crippen LogP contribution in [0.15, 0.2) is 42.5 Å². The molecule has 7 amide bonds. The lowest BCUT2D eigenvalue weighted by Gasteiger charge is -2.27. The molecule has 1 unspecified atom stereocenters. The summed E-state index contributed by atoms with van der Waals surface area (Å²) in [4.78, 5) is 89.4. The monoisotopic (exact) mass is 824 g/mol. The van der Waals surface area contributed by atoms with Crippen LogP contribution >= 0.6 is 0 Å². The van der Waals surface area contributed by atoms with Crippen molar-refractivity contribution in [3.63, 3.8) is 0 Å². The number of imide groups is 3. The number of carbonyl (C=O) groups is 7. The second-order valence-corrected chi connectivity index (χ2v) is 13.6. The van der Waals surface area contributed by atoms with Gasteiger partial charge in [-0.2, -0.15) is 0 Å². The Bertz CT molecular complexity index is 1750. The summed E-state index contributed by atoms with van der Waals surface area (Å²) in [5.74, 6) is -3.33. The quantitative estimate of drug-likeness (QED) is 0.0888.